The van der Waals surface area contributed by atoms with Crippen LogP contribution in [0.25, 0.3) is 0 Å². The number of ether oxygens (including phenoxy) is 1. The van der Waals surface area contributed by atoms with Gasteiger partial charge >= 0.3 is 0 Å². The van der Waals surface area contributed by atoms with E-state index in [1.165, 1.54) is 6.07 Å². The van der Waals surface area contributed by atoms with Crippen LogP contribution < -0.4 is 15.4 Å². The van der Waals surface area contributed by atoms with Gasteiger partial charge in [-0.1, -0.05) is 6.92 Å². The lowest BCUT2D eigenvalue weighted by Gasteiger charge is -2.33. The van der Waals surface area contributed by atoms with Crippen LogP contribution in [0.4, 0.5) is 15.8 Å². The summed E-state index contributed by atoms with van der Waals surface area (Å²) in [4.78, 5) is 2.22. The maximum atomic E-state index is 13.6. The van der Waals surface area contributed by atoms with E-state index in [9.17, 15) is 4.39 Å². The van der Waals surface area contributed by atoms with Gasteiger partial charge in [-0.2, -0.15) is 0 Å². The second-order valence-corrected chi connectivity index (χ2v) is 4.94. The molecule has 0 spiro atoms. The molecule has 0 unspecified atom stereocenters. The molecule has 0 atom stereocenters. The quantitative estimate of drug-likeness (QED) is 0.840. The summed E-state index contributed by atoms with van der Waals surface area (Å²) in [6.07, 6.45) is 2.31. The highest BCUT2D eigenvalue weighted by Gasteiger charge is 2.19. The van der Waals surface area contributed by atoms with Crippen molar-refractivity contribution in [1.82, 2.24) is 0 Å². The van der Waals surface area contributed by atoms with Crippen molar-refractivity contribution in [2.75, 3.05) is 30.3 Å². The largest absolute Gasteiger partial charge is 0.491 e. The molecule has 0 aromatic heterocycles. The van der Waals surface area contributed by atoms with Crippen LogP contribution >= 0.6 is 0 Å². The predicted octanol–water partition coefficient (Wildman–Crippen LogP) is 3.04. The Morgan fingerprint density at radius 1 is 1.39 bits per heavy atom. The molecule has 0 bridgehead atoms. The van der Waals surface area contributed by atoms with Crippen molar-refractivity contribution in [3.63, 3.8) is 0 Å². The zero-order valence-corrected chi connectivity index (χ0v) is 11.1. The van der Waals surface area contributed by atoms with Gasteiger partial charge in [0.1, 0.15) is 0 Å². The Kier molecular flexibility index (Phi) is 3.94. The highest BCUT2D eigenvalue weighted by Crippen LogP contribution is 2.33. The van der Waals surface area contributed by atoms with Crippen molar-refractivity contribution in [2.45, 2.75) is 26.7 Å². The van der Waals surface area contributed by atoms with Crippen LogP contribution in [0, 0.1) is 11.7 Å². The summed E-state index contributed by atoms with van der Waals surface area (Å²) in [7, 11) is 0. The molecule has 18 heavy (non-hydrogen) atoms. The number of rotatable bonds is 3. The highest BCUT2D eigenvalue weighted by atomic mass is 19.1. The summed E-state index contributed by atoms with van der Waals surface area (Å²) in [5.41, 5.74) is 7.30. The normalized spacial score (nSPS) is 16.9. The third-order valence-corrected chi connectivity index (χ3v) is 3.51. The van der Waals surface area contributed by atoms with Crippen LogP contribution in [-0.4, -0.2) is 19.7 Å². The number of hydrogen-bond donors (Lipinski definition) is 1. The van der Waals surface area contributed by atoms with Gasteiger partial charge in [-0.3, -0.25) is 0 Å². The third-order valence-electron chi connectivity index (χ3n) is 3.51. The van der Waals surface area contributed by atoms with Gasteiger partial charge in [-0.25, -0.2) is 4.39 Å². The Balaban J connectivity index is 2.23. The average molecular weight is 252 g/mol. The molecule has 100 valence electrons. The van der Waals surface area contributed by atoms with Crippen LogP contribution in [0.5, 0.6) is 5.75 Å². The second kappa shape index (κ2) is 5.46. The molecule has 0 amide bonds. The Bertz CT molecular complexity index is 415. The second-order valence-electron chi connectivity index (χ2n) is 4.94. The van der Waals surface area contributed by atoms with Crippen molar-refractivity contribution < 1.29 is 9.13 Å². The first-order valence-electron chi connectivity index (χ1n) is 6.58. The minimum absolute atomic E-state index is 0.292. The van der Waals surface area contributed by atoms with Crippen LogP contribution in [0.1, 0.15) is 26.7 Å². The van der Waals surface area contributed by atoms with E-state index >= 15 is 0 Å². The third kappa shape index (κ3) is 2.68. The zero-order chi connectivity index (χ0) is 13.1. The Morgan fingerprint density at radius 2 is 2.06 bits per heavy atom. The topological polar surface area (TPSA) is 38.5 Å². The van der Waals surface area contributed by atoms with Gasteiger partial charge < -0.3 is 15.4 Å². The summed E-state index contributed by atoms with van der Waals surface area (Å²) >= 11 is 0. The molecule has 2 rings (SSSR count). The maximum absolute atomic E-state index is 13.6. The molecule has 1 aliphatic rings. The summed E-state index contributed by atoms with van der Waals surface area (Å²) in [5, 5.41) is 0. The Morgan fingerprint density at radius 3 is 2.67 bits per heavy atom. The number of nitrogens with zero attached hydrogens (tertiary/aromatic N) is 1. The Hall–Kier alpha value is -1.45. The lowest BCUT2D eigenvalue weighted by Crippen LogP contribution is -2.33. The lowest BCUT2D eigenvalue weighted by atomic mass is 9.98. The number of piperidine rings is 1. The molecular formula is C14H21FN2O. The molecule has 1 aromatic rings. The number of hydrogen-bond acceptors (Lipinski definition) is 3. The molecule has 3 nitrogen and oxygen atoms in total. The minimum atomic E-state index is -0.386. The molecule has 1 heterocycles. The average Bonchev–Trinajstić information content (AvgIpc) is 2.34. The minimum Gasteiger partial charge on any atom is -0.491 e. The maximum Gasteiger partial charge on any atom is 0.167 e. The van der Waals surface area contributed by atoms with Gasteiger partial charge in [0.05, 0.1) is 18.0 Å². The van der Waals surface area contributed by atoms with Gasteiger partial charge in [0.25, 0.3) is 0 Å². The molecule has 1 fully saturated rings. The number of benzene rings is 1. The van der Waals surface area contributed by atoms with Crippen molar-refractivity contribution in [3.8, 4) is 5.75 Å². The first kappa shape index (κ1) is 13.0. The fourth-order valence-electron chi connectivity index (χ4n) is 2.35. The molecule has 1 aromatic carbocycles. The van der Waals surface area contributed by atoms with Crippen molar-refractivity contribution in [2.24, 2.45) is 5.92 Å². The lowest BCUT2D eigenvalue weighted by molar-refractivity contribution is 0.321. The molecule has 1 aliphatic heterocycles. The number of nitrogens with two attached hydrogens (primary N) is 1. The first-order valence-corrected chi connectivity index (χ1v) is 6.58. The predicted molar refractivity (Wildman–Crippen MR) is 72.6 cm³/mol. The summed E-state index contributed by atoms with van der Waals surface area (Å²) in [6.45, 7) is 6.51. The van der Waals surface area contributed by atoms with Crippen LogP contribution in [-0.2, 0) is 0 Å². The number of nitrogen functional groups attached to an aromatic ring is 1. The van der Waals surface area contributed by atoms with Gasteiger partial charge in [0, 0.05) is 25.2 Å². The number of anilines is 2. The highest BCUT2D eigenvalue weighted by molar-refractivity contribution is 5.70. The molecular weight excluding hydrogens is 231 g/mol. The first-order chi connectivity index (χ1) is 8.61. The van der Waals surface area contributed by atoms with E-state index in [2.05, 4.69) is 11.8 Å². The van der Waals surface area contributed by atoms with Crippen molar-refractivity contribution in [3.05, 3.63) is 17.9 Å². The van der Waals surface area contributed by atoms with Gasteiger partial charge in [0.2, 0.25) is 0 Å². The number of halogens is 1. The fourth-order valence-corrected chi connectivity index (χ4v) is 2.35. The van der Waals surface area contributed by atoms with E-state index < -0.39 is 0 Å². The molecule has 1 saturated heterocycles. The molecule has 2 N–H and O–H groups in total. The summed E-state index contributed by atoms with van der Waals surface area (Å²) < 4.78 is 18.9. The van der Waals surface area contributed by atoms with Crippen molar-refractivity contribution in [1.29, 1.82) is 0 Å². The van der Waals surface area contributed by atoms with Crippen LogP contribution in [0.2, 0.25) is 0 Å². The van der Waals surface area contributed by atoms with E-state index in [0.717, 1.165) is 37.5 Å². The standard InChI is InChI=1S/C14H21FN2O/c1-3-18-14-9-13(12(16)8-11(14)15)17-6-4-10(2)5-7-17/h8-10H,3-7,16H2,1-2H3. The van der Waals surface area contributed by atoms with E-state index in [4.69, 9.17) is 10.5 Å². The fraction of sp³-hybridized carbons (Fsp3) is 0.571. The van der Waals surface area contributed by atoms with Crippen LogP contribution in [0.15, 0.2) is 12.1 Å². The van der Waals surface area contributed by atoms with E-state index in [-0.39, 0.29) is 5.82 Å². The van der Waals surface area contributed by atoms with Crippen LogP contribution in [0.3, 0.4) is 0 Å². The van der Waals surface area contributed by atoms with E-state index in [1.54, 1.807) is 6.07 Å². The zero-order valence-electron chi connectivity index (χ0n) is 11.1. The molecule has 0 saturated carbocycles. The monoisotopic (exact) mass is 252 g/mol. The molecule has 0 radical (unpaired) electrons. The SMILES string of the molecule is CCOc1cc(N2CCC(C)CC2)c(N)cc1F. The van der Waals surface area contributed by atoms with Gasteiger partial charge in [-0.05, 0) is 25.7 Å². The summed E-state index contributed by atoms with van der Waals surface area (Å²) in [6, 6.07) is 3.09. The van der Waals surface area contributed by atoms with Gasteiger partial charge in [0.15, 0.2) is 11.6 Å². The Labute approximate surface area is 108 Å². The van der Waals surface area contributed by atoms with E-state index in [0.29, 0.717) is 18.0 Å². The molecule has 4 heteroatoms. The summed E-state index contributed by atoms with van der Waals surface area (Å²) in [5.74, 6) is 0.665. The van der Waals surface area contributed by atoms with Gasteiger partial charge in [-0.15, -0.1) is 0 Å². The van der Waals surface area contributed by atoms with E-state index in [1.807, 2.05) is 6.92 Å². The smallest absolute Gasteiger partial charge is 0.167 e. The molecule has 0 aliphatic carbocycles. The van der Waals surface area contributed by atoms with Crippen molar-refractivity contribution >= 4 is 11.4 Å².